The van der Waals surface area contributed by atoms with Gasteiger partial charge in [-0.2, -0.15) is 0 Å². The molecule has 120 valence electrons. The molecular formula is C18H31NO2. The topological polar surface area (TPSA) is 30.5 Å². The molecular weight excluding hydrogens is 262 g/mol. The summed E-state index contributed by atoms with van der Waals surface area (Å²) < 4.78 is 11.0. The van der Waals surface area contributed by atoms with E-state index in [0.29, 0.717) is 12.5 Å². The molecule has 0 bridgehead atoms. The summed E-state index contributed by atoms with van der Waals surface area (Å²) in [6.45, 7) is 10.8. The molecule has 0 aromatic heterocycles. The first-order valence-electron chi connectivity index (χ1n) is 8.29. The Morgan fingerprint density at radius 3 is 2.43 bits per heavy atom. The molecule has 3 heteroatoms. The minimum Gasteiger partial charge on any atom is -0.492 e. The second-order valence-electron chi connectivity index (χ2n) is 5.38. The van der Waals surface area contributed by atoms with Gasteiger partial charge in [-0.1, -0.05) is 26.0 Å². The zero-order valence-electron chi connectivity index (χ0n) is 13.9. The first kappa shape index (κ1) is 18.0. The Labute approximate surface area is 130 Å². The molecule has 0 aliphatic rings. The number of hydrogen-bond donors (Lipinski definition) is 1. The molecule has 21 heavy (non-hydrogen) atoms. The number of ether oxygens (including phenoxy) is 2. The zero-order valence-corrected chi connectivity index (χ0v) is 13.9. The minimum atomic E-state index is 0.623. The Bertz CT molecular complexity index is 351. The molecule has 0 amide bonds. The predicted molar refractivity (Wildman–Crippen MR) is 89.2 cm³/mol. The highest BCUT2D eigenvalue weighted by Crippen LogP contribution is 2.21. The van der Waals surface area contributed by atoms with Crippen LogP contribution in [-0.2, 0) is 4.74 Å². The van der Waals surface area contributed by atoms with Crippen LogP contribution in [0, 0.1) is 0 Å². The molecule has 1 atom stereocenters. The molecule has 0 radical (unpaired) electrons. The number of unbranched alkanes of at least 4 members (excludes halogenated alkanes) is 1. The Morgan fingerprint density at radius 2 is 1.76 bits per heavy atom. The van der Waals surface area contributed by atoms with Gasteiger partial charge >= 0.3 is 0 Å². The largest absolute Gasteiger partial charge is 0.492 e. The summed E-state index contributed by atoms with van der Waals surface area (Å²) in [6.07, 6.45) is 3.45. The summed E-state index contributed by atoms with van der Waals surface area (Å²) in [5.41, 5.74) is 1.39. The fourth-order valence-electron chi connectivity index (χ4n) is 2.09. The summed E-state index contributed by atoms with van der Waals surface area (Å²) in [5, 5.41) is 3.39. The van der Waals surface area contributed by atoms with Gasteiger partial charge in [0.25, 0.3) is 0 Å². The van der Waals surface area contributed by atoms with Crippen molar-refractivity contribution in [3.63, 3.8) is 0 Å². The molecule has 0 aliphatic carbocycles. The Morgan fingerprint density at radius 1 is 1.00 bits per heavy atom. The lowest BCUT2D eigenvalue weighted by atomic mass is 9.99. The van der Waals surface area contributed by atoms with Gasteiger partial charge in [0.05, 0.1) is 0 Å². The lowest BCUT2D eigenvalue weighted by Gasteiger charge is -2.11. The van der Waals surface area contributed by atoms with E-state index < -0.39 is 0 Å². The Kier molecular flexibility index (Phi) is 9.92. The average Bonchev–Trinajstić information content (AvgIpc) is 2.53. The second-order valence-corrected chi connectivity index (χ2v) is 5.38. The van der Waals surface area contributed by atoms with Gasteiger partial charge in [-0.15, -0.1) is 0 Å². The van der Waals surface area contributed by atoms with E-state index in [1.165, 1.54) is 12.0 Å². The molecule has 0 aliphatic heterocycles. The quantitative estimate of drug-likeness (QED) is 0.591. The minimum absolute atomic E-state index is 0.623. The van der Waals surface area contributed by atoms with E-state index in [-0.39, 0.29) is 0 Å². The highest BCUT2D eigenvalue weighted by molar-refractivity contribution is 5.29. The summed E-state index contributed by atoms with van der Waals surface area (Å²) in [5.74, 6) is 1.58. The molecule has 1 rings (SSSR count). The third kappa shape index (κ3) is 8.08. The second kappa shape index (κ2) is 11.6. The van der Waals surface area contributed by atoms with Crippen molar-refractivity contribution in [3.8, 4) is 5.75 Å². The smallest absolute Gasteiger partial charge is 0.119 e. The molecule has 1 aromatic carbocycles. The van der Waals surface area contributed by atoms with Gasteiger partial charge in [0.2, 0.25) is 0 Å². The molecule has 0 heterocycles. The van der Waals surface area contributed by atoms with E-state index in [1.807, 2.05) is 6.92 Å². The average molecular weight is 293 g/mol. The van der Waals surface area contributed by atoms with Crippen molar-refractivity contribution in [2.24, 2.45) is 0 Å². The van der Waals surface area contributed by atoms with Crippen LogP contribution >= 0.6 is 0 Å². The van der Waals surface area contributed by atoms with E-state index in [2.05, 4.69) is 43.4 Å². The van der Waals surface area contributed by atoms with E-state index in [0.717, 1.165) is 44.9 Å². The Hall–Kier alpha value is -1.06. The molecule has 1 N–H and O–H groups in total. The SMILES string of the molecule is CCOCCCCNCCOc1ccc(C(C)CC)cc1. The summed E-state index contributed by atoms with van der Waals surface area (Å²) >= 11 is 0. The molecule has 0 fully saturated rings. The van der Waals surface area contributed by atoms with E-state index in [9.17, 15) is 0 Å². The van der Waals surface area contributed by atoms with Gasteiger partial charge in [0.15, 0.2) is 0 Å². The number of nitrogens with one attached hydrogen (secondary N) is 1. The summed E-state index contributed by atoms with van der Waals surface area (Å²) in [7, 11) is 0. The Balaban J connectivity index is 2.05. The maximum Gasteiger partial charge on any atom is 0.119 e. The highest BCUT2D eigenvalue weighted by atomic mass is 16.5. The van der Waals surface area contributed by atoms with Gasteiger partial charge in [-0.25, -0.2) is 0 Å². The first-order valence-corrected chi connectivity index (χ1v) is 8.29. The molecule has 1 aromatic rings. The fraction of sp³-hybridized carbons (Fsp3) is 0.667. The standard InChI is InChI=1S/C18H31NO2/c1-4-16(3)17-8-10-18(11-9-17)21-15-13-19-12-6-7-14-20-5-2/h8-11,16,19H,4-7,12-15H2,1-3H3. The normalized spacial score (nSPS) is 12.3. The number of hydrogen-bond acceptors (Lipinski definition) is 3. The van der Waals surface area contributed by atoms with Crippen molar-refractivity contribution in [2.45, 2.75) is 46.0 Å². The lowest BCUT2D eigenvalue weighted by Crippen LogP contribution is -2.22. The molecule has 0 saturated carbocycles. The van der Waals surface area contributed by atoms with Gasteiger partial charge in [-0.3, -0.25) is 0 Å². The lowest BCUT2D eigenvalue weighted by molar-refractivity contribution is 0.143. The maximum absolute atomic E-state index is 5.73. The highest BCUT2D eigenvalue weighted by Gasteiger charge is 2.02. The van der Waals surface area contributed by atoms with Gasteiger partial charge < -0.3 is 14.8 Å². The van der Waals surface area contributed by atoms with Gasteiger partial charge in [-0.05, 0) is 56.3 Å². The van der Waals surface area contributed by atoms with Crippen LogP contribution in [0.5, 0.6) is 5.75 Å². The van der Waals surface area contributed by atoms with E-state index in [1.54, 1.807) is 0 Å². The third-order valence-corrected chi connectivity index (χ3v) is 3.71. The summed E-state index contributed by atoms with van der Waals surface area (Å²) in [6, 6.07) is 8.49. The van der Waals surface area contributed by atoms with Crippen molar-refractivity contribution in [2.75, 3.05) is 32.9 Å². The first-order chi connectivity index (χ1) is 10.3. The van der Waals surface area contributed by atoms with Crippen LogP contribution in [0.2, 0.25) is 0 Å². The van der Waals surface area contributed by atoms with Crippen LogP contribution in [0.15, 0.2) is 24.3 Å². The summed E-state index contributed by atoms with van der Waals surface area (Å²) in [4.78, 5) is 0. The van der Waals surface area contributed by atoms with Gasteiger partial charge in [0, 0.05) is 19.8 Å². The van der Waals surface area contributed by atoms with Crippen molar-refractivity contribution in [3.05, 3.63) is 29.8 Å². The molecule has 3 nitrogen and oxygen atoms in total. The van der Waals surface area contributed by atoms with E-state index >= 15 is 0 Å². The number of benzene rings is 1. The van der Waals surface area contributed by atoms with Crippen LogP contribution in [0.1, 0.15) is 51.5 Å². The monoisotopic (exact) mass is 293 g/mol. The van der Waals surface area contributed by atoms with Gasteiger partial charge in [0.1, 0.15) is 12.4 Å². The van der Waals surface area contributed by atoms with Crippen LogP contribution < -0.4 is 10.1 Å². The molecule has 0 spiro atoms. The van der Waals surface area contributed by atoms with Crippen LogP contribution in [0.3, 0.4) is 0 Å². The predicted octanol–water partition coefficient (Wildman–Crippen LogP) is 3.99. The van der Waals surface area contributed by atoms with Crippen molar-refractivity contribution in [1.82, 2.24) is 5.32 Å². The third-order valence-electron chi connectivity index (χ3n) is 3.71. The van der Waals surface area contributed by atoms with Crippen molar-refractivity contribution >= 4 is 0 Å². The number of rotatable bonds is 12. The fourth-order valence-corrected chi connectivity index (χ4v) is 2.09. The van der Waals surface area contributed by atoms with E-state index in [4.69, 9.17) is 9.47 Å². The molecule has 1 unspecified atom stereocenters. The van der Waals surface area contributed by atoms with Crippen LogP contribution in [0.4, 0.5) is 0 Å². The van der Waals surface area contributed by atoms with Crippen LogP contribution in [-0.4, -0.2) is 32.9 Å². The maximum atomic E-state index is 5.73. The zero-order chi connectivity index (χ0) is 15.3. The van der Waals surface area contributed by atoms with Crippen LogP contribution in [0.25, 0.3) is 0 Å². The van der Waals surface area contributed by atoms with Crippen molar-refractivity contribution < 1.29 is 9.47 Å². The van der Waals surface area contributed by atoms with Crippen molar-refractivity contribution in [1.29, 1.82) is 0 Å². The molecule has 0 saturated heterocycles.